The van der Waals surface area contributed by atoms with Gasteiger partial charge in [0.1, 0.15) is 6.61 Å². The van der Waals surface area contributed by atoms with E-state index in [4.69, 9.17) is 4.74 Å². The minimum atomic E-state index is -4.29. The molecule has 1 heterocycles. The first-order valence-corrected chi connectivity index (χ1v) is 7.66. The summed E-state index contributed by atoms with van der Waals surface area (Å²) in [4.78, 5) is 12.1. The van der Waals surface area contributed by atoms with Crippen molar-refractivity contribution in [1.29, 1.82) is 0 Å². The fourth-order valence-corrected chi connectivity index (χ4v) is 3.02. The Kier molecular flexibility index (Phi) is 5.87. The van der Waals surface area contributed by atoms with Gasteiger partial charge >= 0.3 is 6.18 Å². The topological polar surface area (TPSA) is 50.4 Å². The Labute approximate surface area is 122 Å². The van der Waals surface area contributed by atoms with Crippen molar-refractivity contribution >= 4 is 5.91 Å². The molecule has 1 amide bonds. The van der Waals surface area contributed by atoms with Gasteiger partial charge in [-0.15, -0.1) is 0 Å². The molecule has 2 fully saturated rings. The van der Waals surface area contributed by atoms with Gasteiger partial charge in [-0.25, -0.2) is 0 Å². The molecule has 0 aromatic rings. The standard InChI is InChI=1S/C14H23F3N2O2/c15-14(16,17)9-21-11-5-3-4-10(8-11)19-13(20)12-6-1-2-7-18-12/h10-12,18H,1-9H2,(H,19,20)/t10?,11?,12-/m0/s1. The van der Waals surface area contributed by atoms with Crippen LogP contribution in [0.15, 0.2) is 0 Å². The molecule has 2 rings (SSSR count). The van der Waals surface area contributed by atoms with Crippen molar-refractivity contribution in [1.82, 2.24) is 10.6 Å². The second-order valence-electron chi connectivity index (χ2n) is 5.92. The van der Waals surface area contributed by atoms with Gasteiger partial charge in [-0.1, -0.05) is 6.42 Å². The number of alkyl halides is 3. The van der Waals surface area contributed by atoms with Gasteiger partial charge in [-0.3, -0.25) is 4.79 Å². The van der Waals surface area contributed by atoms with Crippen LogP contribution in [0.3, 0.4) is 0 Å². The molecule has 0 aromatic carbocycles. The Hall–Kier alpha value is -0.820. The van der Waals surface area contributed by atoms with Crippen molar-refractivity contribution in [2.45, 2.75) is 69.3 Å². The van der Waals surface area contributed by atoms with Crippen molar-refractivity contribution in [3.8, 4) is 0 Å². The number of rotatable bonds is 4. The highest BCUT2D eigenvalue weighted by atomic mass is 19.4. The highest BCUT2D eigenvalue weighted by molar-refractivity contribution is 5.82. The van der Waals surface area contributed by atoms with E-state index in [1.54, 1.807) is 0 Å². The smallest absolute Gasteiger partial charge is 0.369 e. The number of amides is 1. The monoisotopic (exact) mass is 308 g/mol. The van der Waals surface area contributed by atoms with Gasteiger partial charge in [0.2, 0.25) is 5.91 Å². The summed E-state index contributed by atoms with van der Waals surface area (Å²) in [5, 5.41) is 6.13. The quantitative estimate of drug-likeness (QED) is 0.836. The van der Waals surface area contributed by atoms with E-state index in [1.165, 1.54) is 0 Å². The number of nitrogens with one attached hydrogen (secondary N) is 2. The number of carbonyl (C=O) groups is 1. The maximum absolute atomic E-state index is 12.2. The van der Waals surface area contributed by atoms with Gasteiger partial charge in [0.05, 0.1) is 12.1 Å². The number of hydrogen-bond acceptors (Lipinski definition) is 3. The Morgan fingerprint density at radius 3 is 2.67 bits per heavy atom. The van der Waals surface area contributed by atoms with E-state index < -0.39 is 18.9 Å². The van der Waals surface area contributed by atoms with Crippen LogP contribution >= 0.6 is 0 Å². The summed E-state index contributed by atoms with van der Waals surface area (Å²) in [5.74, 6) is -0.0313. The molecule has 2 N–H and O–H groups in total. The second kappa shape index (κ2) is 7.45. The minimum absolute atomic E-state index is 0.0313. The third kappa shape index (κ3) is 5.82. The fraction of sp³-hybridized carbons (Fsp3) is 0.929. The van der Waals surface area contributed by atoms with E-state index in [0.717, 1.165) is 38.6 Å². The van der Waals surface area contributed by atoms with Crippen molar-refractivity contribution < 1.29 is 22.7 Å². The van der Waals surface area contributed by atoms with Crippen LogP contribution < -0.4 is 10.6 Å². The SMILES string of the molecule is O=C(NC1CCCC(OCC(F)(F)F)C1)[C@@H]1CCCCN1. The number of piperidine rings is 1. The van der Waals surface area contributed by atoms with Crippen LogP contribution in [-0.2, 0) is 9.53 Å². The zero-order chi connectivity index (χ0) is 15.3. The van der Waals surface area contributed by atoms with E-state index in [0.29, 0.717) is 12.8 Å². The van der Waals surface area contributed by atoms with Crippen molar-refractivity contribution in [2.75, 3.05) is 13.2 Å². The first-order chi connectivity index (χ1) is 9.94. The zero-order valence-electron chi connectivity index (χ0n) is 12.0. The molecule has 4 nitrogen and oxygen atoms in total. The van der Waals surface area contributed by atoms with E-state index in [-0.39, 0.29) is 18.0 Å². The lowest BCUT2D eigenvalue weighted by molar-refractivity contribution is -0.188. The molecule has 1 saturated carbocycles. The van der Waals surface area contributed by atoms with Crippen LogP contribution in [0.5, 0.6) is 0 Å². The molecule has 122 valence electrons. The Bertz CT molecular complexity index is 344. The van der Waals surface area contributed by atoms with Crippen LogP contribution in [0.1, 0.15) is 44.9 Å². The van der Waals surface area contributed by atoms with Gasteiger partial charge in [-0.2, -0.15) is 13.2 Å². The molecule has 2 aliphatic rings. The van der Waals surface area contributed by atoms with Crippen LogP contribution in [0, 0.1) is 0 Å². The Morgan fingerprint density at radius 2 is 2.00 bits per heavy atom. The molecule has 21 heavy (non-hydrogen) atoms. The lowest BCUT2D eigenvalue weighted by Crippen LogP contribution is -2.51. The van der Waals surface area contributed by atoms with Crippen LogP contribution in [0.4, 0.5) is 13.2 Å². The molecule has 1 saturated heterocycles. The van der Waals surface area contributed by atoms with E-state index >= 15 is 0 Å². The Balaban J connectivity index is 1.74. The van der Waals surface area contributed by atoms with E-state index in [1.807, 2.05) is 0 Å². The maximum Gasteiger partial charge on any atom is 0.411 e. The molecule has 1 aliphatic heterocycles. The largest absolute Gasteiger partial charge is 0.411 e. The predicted molar refractivity (Wildman–Crippen MR) is 71.8 cm³/mol. The zero-order valence-corrected chi connectivity index (χ0v) is 12.0. The van der Waals surface area contributed by atoms with Gasteiger partial charge in [0.25, 0.3) is 0 Å². The third-order valence-electron chi connectivity index (χ3n) is 4.08. The third-order valence-corrected chi connectivity index (χ3v) is 4.08. The fourth-order valence-electron chi connectivity index (χ4n) is 3.02. The molecule has 7 heteroatoms. The number of carbonyl (C=O) groups excluding carboxylic acids is 1. The summed E-state index contributed by atoms with van der Waals surface area (Å²) >= 11 is 0. The molecule has 2 unspecified atom stereocenters. The first-order valence-electron chi connectivity index (χ1n) is 7.66. The van der Waals surface area contributed by atoms with E-state index in [9.17, 15) is 18.0 Å². The summed E-state index contributed by atoms with van der Waals surface area (Å²) in [6, 6.07) is -0.233. The number of hydrogen-bond donors (Lipinski definition) is 2. The summed E-state index contributed by atoms with van der Waals surface area (Å²) in [7, 11) is 0. The van der Waals surface area contributed by atoms with Crippen molar-refractivity contribution in [3.63, 3.8) is 0 Å². The first kappa shape index (κ1) is 16.5. The normalized spacial score (nSPS) is 30.9. The lowest BCUT2D eigenvalue weighted by Gasteiger charge is -2.32. The average molecular weight is 308 g/mol. The van der Waals surface area contributed by atoms with Crippen molar-refractivity contribution in [3.05, 3.63) is 0 Å². The van der Waals surface area contributed by atoms with Gasteiger partial charge in [0, 0.05) is 6.04 Å². The average Bonchev–Trinajstić information content (AvgIpc) is 2.46. The summed E-state index contributed by atoms with van der Waals surface area (Å²) < 4.78 is 41.4. The predicted octanol–water partition coefficient (Wildman–Crippen LogP) is 2.13. The van der Waals surface area contributed by atoms with Crippen LogP contribution in [0.2, 0.25) is 0 Å². The molecule has 1 aliphatic carbocycles. The maximum atomic E-state index is 12.2. The summed E-state index contributed by atoms with van der Waals surface area (Å²) in [5.41, 5.74) is 0. The minimum Gasteiger partial charge on any atom is -0.369 e. The van der Waals surface area contributed by atoms with E-state index in [2.05, 4.69) is 10.6 Å². The number of halogens is 3. The molecule has 0 aromatic heterocycles. The highest BCUT2D eigenvalue weighted by Gasteiger charge is 2.32. The molecule has 0 bridgehead atoms. The molecule has 0 spiro atoms. The Morgan fingerprint density at radius 1 is 1.19 bits per heavy atom. The summed E-state index contributed by atoms with van der Waals surface area (Å²) in [6.07, 6.45) is 0.932. The summed E-state index contributed by atoms with van der Waals surface area (Å²) in [6.45, 7) is -0.359. The molecule has 0 radical (unpaired) electrons. The van der Waals surface area contributed by atoms with Crippen molar-refractivity contribution in [2.24, 2.45) is 0 Å². The van der Waals surface area contributed by atoms with Gasteiger partial charge in [0.15, 0.2) is 0 Å². The molecule has 3 atom stereocenters. The lowest BCUT2D eigenvalue weighted by atomic mass is 9.92. The number of ether oxygens (including phenoxy) is 1. The van der Waals surface area contributed by atoms with Crippen LogP contribution in [-0.4, -0.2) is 43.4 Å². The molecular formula is C14H23F3N2O2. The van der Waals surface area contributed by atoms with Gasteiger partial charge in [-0.05, 0) is 45.1 Å². The van der Waals surface area contributed by atoms with Crippen LogP contribution in [0.25, 0.3) is 0 Å². The highest BCUT2D eigenvalue weighted by Crippen LogP contribution is 2.24. The second-order valence-corrected chi connectivity index (χ2v) is 5.92. The molecular weight excluding hydrogens is 285 g/mol. The van der Waals surface area contributed by atoms with Gasteiger partial charge < -0.3 is 15.4 Å².